The highest BCUT2D eigenvalue weighted by molar-refractivity contribution is 6.01. The van der Waals surface area contributed by atoms with Gasteiger partial charge in [-0.1, -0.05) is 42.8 Å². The van der Waals surface area contributed by atoms with Crippen molar-refractivity contribution in [3.8, 4) is 0 Å². The number of carboxylic acid groups (broad SMARTS) is 1. The van der Waals surface area contributed by atoms with E-state index in [-0.39, 0.29) is 19.3 Å². The van der Waals surface area contributed by atoms with Gasteiger partial charge in [-0.25, -0.2) is 4.79 Å². The van der Waals surface area contributed by atoms with Crippen LogP contribution >= 0.6 is 0 Å². The number of rotatable bonds is 41. The number of amides is 14. The normalized spacial score (nSPS) is 15.6. The number of nitrogens with two attached hydrogens (primary N) is 3. The van der Waals surface area contributed by atoms with Crippen LogP contribution in [0, 0.1) is 0 Å². The lowest BCUT2D eigenvalue weighted by atomic mass is 10.0. The van der Waals surface area contributed by atoms with Gasteiger partial charge in [-0.15, -0.1) is 0 Å². The first-order chi connectivity index (χ1) is 48.1. The van der Waals surface area contributed by atoms with E-state index in [1.165, 1.54) is 76.2 Å². The summed E-state index contributed by atoms with van der Waals surface area (Å²) in [4.78, 5) is 205. The van der Waals surface area contributed by atoms with Gasteiger partial charge in [-0.05, 0) is 145 Å². The predicted octanol–water partition coefficient (Wildman–Crippen LogP) is -3.89. The van der Waals surface area contributed by atoms with Crippen LogP contribution in [0.4, 0.5) is 0 Å². The maximum atomic E-state index is 14.8. The number of carboxylic acids is 1. The van der Waals surface area contributed by atoms with Crippen LogP contribution in [0.15, 0.2) is 60.9 Å². The molecule has 102 heavy (non-hydrogen) atoms. The molecule has 35 nitrogen and oxygen atoms in total. The summed E-state index contributed by atoms with van der Waals surface area (Å²) in [5.41, 5.74) is 19.5. The Bertz CT molecular complexity index is 3640. The van der Waals surface area contributed by atoms with Gasteiger partial charge >= 0.3 is 5.97 Å². The average Bonchev–Trinajstić information content (AvgIpc) is 1.63. The Labute approximate surface area is 590 Å². The number of hydrogen-bond donors (Lipinski definition) is 20. The van der Waals surface area contributed by atoms with E-state index >= 15 is 0 Å². The molecule has 4 rings (SSSR count). The molecule has 0 aliphatic heterocycles. The number of carbonyl (C=O) groups excluding carboxylic acids is 14. The van der Waals surface area contributed by atoms with Gasteiger partial charge in [-0.3, -0.25) is 67.1 Å². The van der Waals surface area contributed by atoms with Gasteiger partial charge in [0.15, 0.2) is 0 Å². The Morgan fingerprint density at radius 3 is 0.853 bits per heavy atom. The van der Waals surface area contributed by atoms with Gasteiger partial charge < -0.3 is 107 Å². The van der Waals surface area contributed by atoms with Gasteiger partial charge in [0, 0.05) is 47.0 Å². The Morgan fingerprint density at radius 1 is 0.324 bits per heavy atom. The first kappa shape index (κ1) is 83.9. The van der Waals surface area contributed by atoms with Gasteiger partial charge in [0.1, 0.15) is 84.6 Å². The second-order valence-corrected chi connectivity index (χ2v) is 25.4. The lowest BCUT2D eigenvalue weighted by Gasteiger charge is -2.26. The Morgan fingerprint density at radius 2 is 0.559 bits per heavy atom. The number of H-pyrrole nitrogens is 2. The first-order valence-electron chi connectivity index (χ1n) is 33.8. The van der Waals surface area contributed by atoms with Crippen LogP contribution in [0.5, 0.6) is 0 Å². The van der Waals surface area contributed by atoms with Crippen LogP contribution in [0.25, 0.3) is 21.8 Å². The van der Waals surface area contributed by atoms with Crippen LogP contribution in [0.1, 0.15) is 126 Å². The number of benzene rings is 2. The van der Waals surface area contributed by atoms with E-state index in [0.29, 0.717) is 78.1 Å². The summed E-state index contributed by atoms with van der Waals surface area (Å²) in [6.45, 7) is 15.4. The number of aromatic nitrogens is 2. The number of carbonyl (C=O) groups is 15. The standard InChI is InChI=1S/C67H101N19O16/c1-32(53(87)74-34(3)55(89)76-37(6)58(92)80-41(10)62(96)84-50(67(101)102)25-17-19-27-69)73-54(88)33(2)75-57(91)36(5)79-61(95)40(9)83-65(99)51(28-43-30-71-48-23-14-12-20-45(43)48)86-66(100)52(29-44-31-72-49-24-15-13-21-46(44)49)85-63(97)42(11)81-59(93)38(7)77-56(90)35(4)78-60(94)39(8)82-64(98)47(70)22-16-18-26-68/h12-15,20-21,23-24,30-42,47,50-52,71-72H,16-19,22,25-29,68-70H2,1-11H3,(H,73,88)(H,74,87)(H,75,91)(H,76,89)(H,77,90)(H,78,94)(H,79,95)(H,80,92)(H,81,93)(H,82,98)(H,83,99)(H,84,96)(H,85,97)(H,86,100)(H,101,102)/t32-,33-,34-,35-,36-,37-,38-,39-,40-,41-,42-,47-,50-,51-,52-/m0/s1. The van der Waals surface area contributed by atoms with Crippen molar-refractivity contribution < 1.29 is 77.0 Å². The largest absolute Gasteiger partial charge is 0.480 e. The minimum absolute atomic E-state index is 0.120. The molecule has 0 saturated carbocycles. The van der Waals surface area contributed by atoms with Gasteiger partial charge in [0.05, 0.1) is 6.04 Å². The zero-order valence-corrected chi connectivity index (χ0v) is 59.3. The highest BCUT2D eigenvalue weighted by Gasteiger charge is 2.35. The summed E-state index contributed by atoms with van der Waals surface area (Å²) >= 11 is 0. The number of aliphatic carboxylic acids is 1. The van der Waals surface area contributed by atoms with E-state index in [0.717, 1.165) is 0 Å². The molecule has 4 aromatic rings. The van der Waals surface area contributed by atoms with Gasteiger partial charge in [0.25, 0.3) is 0 Å². The SMILES string of the molecule is C[C@H](NC(=O)[C@H](C)NC(=O)[C@H](C)NC(=O)[C@H](C)NC(=O)[C@H](Cc1c[nH]c2ccccc12)NC(=O)[C@H](Cc1c[nH]c2ccccc12)NC(=O)[C@H](C)NC(=O)[C@H](C)NC(=O)[C@H](C)NC(=O)[C@H](C)NC(=O)[C@@H](N)CCCCN)C(=O)N[C@@H](C)C(=O)N[C@@H](C)C(=O)N[C@@H](C)C(=O)N[C@@H](CCCCN)C(=O)O. The summed E-state index contributed by atoms with van der Waals surface area (Å²) in [5.74, 6) is -12.5. The molecule has 2 heterocycles. The third kappa shape index (κ3) is 26.2. The Hall–Kier alpha value is -10.5. The van der Waals surface area contributed by atoms with Crippen LogP contribution in [-0.4, -0.2) is 207 Å². The van der Waals surface area contributed by atoms with Crippen molar-refractivity contribution in [1.82, 2.24) is 84.4 Å². The molecule has 35 heteroatoms. The second kappa shape index (κ2) is 40.6. The van der Waals surface area contributed by atoms with E-state index < -0.39 is 179 Å². The molecule has 0 saturated heterocycles. The minimum Gasteiger partial charge on any atom is -0.480 e. The number of unbranched alkanes of at least 4 members (excludes halogenated alkanes) is 2. The molecule has 2 aromatic carbocycles. The van der Waals surface area contributed by atoms with Crippen molar-refractivity contribution in [2.24, 2.45) is 17.2 Å². The van der Waals surface area contributed by atoms with E-state index in [1.54, 1.807) is 60.9 Å². The zero-order valence-electron chi connectivity index (χ0n) is 59.3. The molecule has 0 bridgehead atoms. The topological polar surface area (TPSA) is 554 Å². The van der Waals surface area contributed by atoms with Gasteiger partial charge in [0.2, 0.25) is 82.7 Å². The molecule has 0 spiro atoms. The van der Waals surface area contributed by atoms with Crippen molar-refractivity contribution in [1.29, 1.82) is 0 Å². The molecule has 0 fully saturated rings. The van der Waals surface area contributed by atoms with Crippen molar-refractivity contribution in [3.63, 3.8) is 0 Å². The van der Waals surface area contributed by atoms with Gasteiger partial charge in [-0.2, -0.15) is 0 Å². The number of hydrogen-bond acceptors (Lipinski definition) is 18. The smallest absolute Gasteiger partial charge is 0.326 e. The molecule has 560 valence electrons. The van der Waals surface area contributed by atoms with E-state index in [1.807, 2.05) is 0 Å². The fraction of sp³-hybridized carbons (Fsp3) is 0.537. The van der Waals surface area contributed by atoms with Crippen LogP contribution in [0.3, 0.4) is 0 Å². The molecule has 0 aliphatic rings. The maximum absolute atomic E-state index is 14.8. The second-order valence-electron chi connectivity index (χ2n) is 25.4. The van der Waals surface area contributed by atoms with Crippen molar-refractivity contribution in [2.75, 3.05) is 13.1 Å². The van der Waals surface area contributed by atoms with Crippen molar-refractivity contribution in [3.05, 3.63) is 72.1 Å². The van der Waals surface area contributed by atoms with Crippen molar-refractivity contribution in [2.45, 2.75) is 218 Å². The molecule has 14 amide bonds. The number of para-hydroxylation sites is 2. The molecule has 23 N–H and O–H groups in total. The van der Waals surface area contributed by atoms with E-state index in [2.05, 4.69) is 84.4 Å². The molecule has 0 radical (unpaired) electrons. The predicted molar refractivity (Wildman–Crippen MR) is 375 cm³/mol. The molecule has 2 aromatic heterocycles. The summed E-state index contributed by atoms with van der Waals surface area (Å²) in [6, 6.07) is -4.42. The third-order valence-corrected chi connectivity index (χ3v) is 16.6. The first-order valence-corrected chi connectivity index (χ1v) is 33.8. The number of aromatic amines is 2. The molecule has 0 unspecified atom stereocenters. The van der Waals surface area contributed by atoms with Crippen molar-refractivity contribution >= 4 is 110 Å². The highest BCUT2D eigenvalue weighted by atomic mass is 16.4. The molecular weight excluding hydrogens is 1330 g/mol. The lowest BCUT2D eigenvalue weighted by molar-refractivity contribution is -0.142. The summed E-state index contributed by atoms with van der Waals surface area (Å²) in [5, 5.41) is 45.8. The average molecular weight is 1430 g/mol. The van der Waals surface area contributed by atoms with E-state index in [9.17, 15) is 77.0 Å². The number of nitrogens with one attached hydrogen (secondary N) is 16. The molecule has 0 aliphatic carbocycles. The van der Waals surface area contributed by atoms with Crippen LogP contribution < -0.4 is 91.6 Å². The fourth-order valence-electron chi connectivity index (χ4n) is 10.1. The zero-order chi connectivity index (χ0) is 76.2. The minimum atomic E-state index is -1.44. The molecule has 15 atom stereocenters. The summed E-state index contributed by atoms with van der Waals surface area (Å²) < 4.78 is 0. The quantitative estimate of drug-likeness (QED) is 0.0189. The maximum Gasteiger partial charge on any atom is 0.326 e. The Kier molecular flexibility index (Phi) is 33.4. The van der Waals surface area contributed by atoms with E-state index in [4.69, 9.17) is 17.2 Å². The third-order valence-electron chi connectivity index (χ3n) is 16.6. The highest BCUT2D eigenvalue weighted by Crippen LogP contribution is 2.22. The summed E-state index contributed by atoms with van der Waals surface area (Å²) in [7, 11) is 0. The number of fused-ring (bicyclic) bond motifs is 2. The fourth-order valence-corrected chi connectivity index (χ4v) is 10.1. The Balaban J connectivity index is 1.37. The van der Waals surface area contributed by atoms with Crippen LogP contribution in [0.2, 0.25) is 0 Å². The summed E-state index contributed by atoms with van der Waals surface area (Å²) in [6.07, 6.45) is 5.74. The molecular formula is C67H101N19O16. The lowest BCUT2D eigenvalue weighted by Crippen LogP contribution is -2.60. The van der Waals surface area contributed by atoms with Crippen LogP contribution in [-0.2, 0) is 84.8 Å². The monoisotopic (exact) mass is 1430 g/mol.